The summed E-state index contributed by atoms with van der Waals surface area (Å²) in [5.41, 5.74) is 4.81. The molecule has 0 atom stereocenters. The van der Waals surface area contributed by atoms with Crippen LogP contribution in [0.1, 0.15) is 44.7 Å². The highest BCUT2D eigenvalue weighted by molar-refractivity contribution is 5.98. The molecule has 0 unspecified atom stereocenters. The molecule has 2 heterocycles. The molecule has 6 nitrogen and oxygen atoms in total. The first-order valence-electron chi connectivity index (χ1n) is 13.2. The molecule has 0 saturated carbocycles. The molecule has 4 aromatic rings. The molecule has 5 rings (SSSR count). The Morgan fingerprint density at radius 3 is 2.15 bits per heavy atom. The number of hydrogen-bond donors (Lipinski definition) is 2. The Balaban J connectivity index is 1.16. The lowest BCUT2D eigenvalue weighted by atomic mass is 10.0. The summed E-state index contributed by atoms with van der Waals surface area (Å²) in [5.74, 6) is -0.464. The third kappa shape index (κ3) is 6.62. The van der Waals surface area contributed by atoms with Gasteiger partial charge in [0.15, 0.2) is 11.6 Å². The molecule has 1 aliphatic rings. The maximum absolute atomic E-state index is 14.9. The van der Waals surface area contributed by atoms with Crippen molar-refractivity contribution in [3.05, 3.63) is 113 Å². The molecule has 0 aliphatic carbocycles. The molecule has 0 radical (unpaired) electrons. The molecular formula is C32H32FN3O3. The fourth-order valence-corrected chi connectivity index (χ4v) is 4.86. The molecule has 0 amide bonds. The fourth-order valence-electron chi connectivity index (χ4n) is 4.86. The van der Waals surface area contributed by atoms with Crippen LogP contribution in [0.4, 0.5) is 21.5 Å². The van der Waals surface area contributed by atoms with E-state index in [2.05, 4.69) is 10.2 Å². The van der Waals surface area contributed by atoms with E-state index in [1.165, 1.54) is 6.07 Å². The number of anilines is 3. The van der Waals surface area contributed by atoms with Gasteiger partial charge in [0, 0.05) is 67.9 Å². The standard InChI is InChI=1S/C32H32FN3O3/c1-35-15-12-25(21-35)32(39)19-22-2-7-26(8-3-22)34-30-11-4-23(18-29(30)33)20-31(38)24-5-9-27(10-6-24)36-16-13-28(37)14-17-36/h2-12,15,18,21,28,34,37H,13-14,16-17,19-20H2,1H3. The second-order valence-electron chi connectivity index (χ2n) is 10.2. The summed E-state index contributed by atoms with van der Waals surface area (Å²) in [6.45, 7) is 1.60. The second kappa shape index (κ2) is 11.7. The van der Waals surface area contributed by atoms with Crippen molar-refractivity contribution in [2.24, 2.45) is 7.05 Å². The monoisotopic (exact) mass is 525 g/mol. The Labute approximate surface area is 227 Å². The predicted octanol–water partition coefficient (Wildman–Crippen LogP) is 5.72. The van der Waals surface area contributed by atoms with Crippen molar-refractivity contribution in [2.75, 3.05) is 23.3 Å². The van der Waals surface area contributed by atoms with Crippen molar-refractivity contribution in [3.8, 4) is 0 Å². The zero-order chi connectivity index (χ0) is 27.4. The van der Waals surface area contributed by atoms with Crippen molar-refractivity contribution in [1.29, 1.82) is 0 Å². The number of nitrogens with zero attached hydrogens (tertiary/aromatic N) is 2. The van der Waals surface area contributed by atoms with Crippen LogP contribution in [0.15, 0.2) is 85.2 Å². The number of ketones is 2. The number of rotatable bonds is 9. The number of hydrogen-bond acceptors (Lipinski definition) is 5. The Kier molecular flexibility index (Phi) is 7.89. The smallest absolute Gasteiger partial charge is 0.168 e. The number of benzene rings is 3. The Morgan fingerprint density at radius 2 is 1.51 bits per heavy atom. The van der Waals surface area contributed by atoms with Crippen molar-refractivity contribution < 1.29 is 19.1 Å². The van der Waals surface area contributed by atoms with Gasteiger partial charge in [0.25, 0.3) is 0 Å². The highest BCUT2D eigenvalue weighted by Gasteiger charge is 2.18. The van der Waals surface area contributed by atoms with Crippen LogP contribution in [-0.4, -0.2) is 40.4 Å². The Morgan fingerprint density at radius 1 is 0.872 bits per heavy atom. The number of halogens is 1. The van der Waals surface area contributed by atoms with Gasteiger partial charge in [-0.25, -0.2) is 4.39 Å². The van der Waals surface area contributed by atoms with Crippen molar-refractivity contribution in [1.82, 2.24) is 4.57 Å². The maximum Gasteiger partial charge on any atom is 0.168 e. The number of aryl methyl sites for hydroxylation is 1. The van der Waals surface area contributed by atoms with E-state index in [9.17, 15) is 19.1 Å². The summed E-state index contributed by atoms with van der Waals surface area (Å²) >= 11 is 0. The van der Waals surface area contributed by atoms with Crippen LogP contribution in [0.3, 0.4) is 0 Å². The van der Waals surface area contributed by atoms with Crippen LogP contribution in [0, 0.1) is 5.82 Å². The van der Waals surface area contributed by atoms with E-state index < -0.39 is 5.82 Å². The second-order valence-corrected chi connectivity index (χ2v) is 10.2. The van der Waals surface area contributed by atoms with E-state index in [-0.39, 0.29) is 24.1 Å². The van der Waals surface area contributed by atoms with Gasteiger partial charge in [-0.15, -0.1) is 0 Å². The van der Waals surface area contributed by atoms with E-state index in [0.29, 0.717) is 34.5 Å². The summed E-state index contributed by atoms with van der Waals surface area (Å²) in [6, 6.07) is 21.4. The zero-order valence-electron chi connectivity index (χ0n) is 21.9. The average Bonchev–Trinajstić information content (AvgIpc) is 3.38. The van der Waals surface area contributed by atoms with Gasteiger partial charge in [0.2, 0.25) is 0 Å². The molecule has 0 bridgehead atoms. The molecule has 7 heteroatoms. The Hall–Kier alpha value is -4.23. The van der Waals surface area contributed by atoms with Gasteiger partial charge < -0.3 is 19.9 Å². The summed E-state index contributed by atoms with van der Waals surface area (Å²) in [4.78, 5) is 27.5. The average molecular weight is 526 g/mol. The molecule has 1 fully saturated rings. The zero-order valence-corrected chi connectivity index (χ0v) is 21.9. The van der Waals surface area contributed by atoms with Gasteiger partial charge in [-0.1, -0.05) is 18.2 Å². The number of aromatic nitrogens is 1. The van der Waals surface area contributed by atoms with Crippen LogP contribution >= 0.6 is 0 Å². The molecule has 0 spiro atoms. The number of carbonyl (C=O) groups is 2. The number of aliphatic hydroxyl groups is 1. The predicted molar refractivity (Wildman–Crippen MR) is 152 cm³/mol. The van der Waals surface area contributed by atoms with Crippen LogP contribution in [0.5, 0.6) is 0 Å². The van der Waals surface area contributed by atoms with Gasteiger partial charge in [0.1, 0.15) is 5.82 Å². The van der Waals surface area contributed by atoms with Crippen LogP contribution < -0.4 is 10.2 Å². The third-order valence-corrected chi connectivity index (χ3v) is 7.17. The third-order valence-electron chi connectivity index (χ3n) is 7.17. The van der Waals surface area contributed by atoms with E-state index in [4.69, 9.17) is 0 Å². The van der Waals surface area contributed by atoms with Gasteiger partial charge in [-0.2, -0.15) is 0 Å². The van der Waals surface area contributed by atoms with Gasteiger partial charge >= 0.3 is 0 Å². The molecule has 200 valence electrons. The summed E-state index contributed by atoms with van der Waals surface area (Å²) in [5, 5.41) is 12.8. The lowest BCUT2D eigenvalue weighted by molar-refractivity contribution is 0.0984. The highest BCUT2D eigenvalue weighted by atomic mass is 19.1. The first kappa shape index (κ1) is 26.4. The van der Waals surface area contributed by atoms with Crippen LogP contribution in [0.25, 0.3) is 0 Å². The molecule has 1 saturated heterocycles. The number of carbonyl (C=O) groups excluding carboxylic acids is 2. The first-order valence-corrected chi connectivity index (χ1v) is 13.2. The topological polar surface area (TPSA) is 74.6 Å². The number of piperidine rings is 1. The summed E-state index contributed by atoms with van der Waals surface area (Å²) in [6.07, 6.45) is 5.32. The van der Waals surface area contributed by atoms with Crippen molar-refractivity contribution >= 4 is 28.6 Å². The summed E-state index contributed by atoms with van der Waals surface area (Å²) in [7, 11) is 1.88. The van der Waals surface area contributed by atoms with Crippen LogP contribution in [0.2, 0.25) is 0 Å². The normalized spacial score (nSPS) is 13.9. The quantitative estimate of drug-likeness (QED) is 0.274. The highest BCUT2D eigenvalue weighted by Crippen LogP contribution is 2.24. The van der Waals surface area contributed by atoms with Gasteiger partial charge in [-0.3, -0.25) is 9.59 Å². The van der Waals surface area contributed by atoms with Crippen LogP contribution in [-0.2, 0) is 19.9 Å². The molecule has 1 aromatic heterocycles. The molecule has 2 N–H and O–H groups in total. The largest absolute Gasteiger partial charge is 0.393 e. The molecule has 39 heavy (non-hydrogen) atoms. The van der Waals surface area contributed by atoms with E-state index in [1.807, 2.05) is 66.3 Å². The minimum absolute atomic E-state index is 0.0474. The van der Waals surface area contributed by atoms with Gasteiger partial charge in [-0.05, 0) is 78.6 Å². The number of aliphatic hydroxyl groups excluding tert-OH is 1. The van der Waals surface area contributed by atoms with E-state index in [0.717, 1.165) is 37.2 Å². The fraction of sp³-hybridized carbons (Fsp3) is 0.250. The van der Waals surface area contributed by atoms with Gasteiger partial charge in [0.05, 0.1) is 11.8 Å². The summed E-state index contributed by atoms with van der Waals surface area (Å²) < 4.78 is 16.7. The molecular weight excluding hydrogens is 493 g/mol. The minimum atomic E-state index is -0.439. The lowest BCUT2D eigenvalue weighted by Gasteiger charge is -2.31. The maximum atomic E-state index is 14.9. The number of nitrogens with one attached hydrogen (secondary N) is 1. The molecule has 1 aliphatic heterocycles. The van der Waals surface area contributed by atoms with E-state index >= 15 is 0 Å². The van der Waals surface area contributed by atoms with Crippen molar-refractivity contribution in [2.45, 2.75) is 31.8 Å². The van der Waals surface area contributed by atoms with Crippen molar-refractivity contribution in [3.63, 3.8) is 0 Å². The minimum Gasteiger partial charge on any atom is -0.393 e. The SMILES string of the molecule is Cn1ccc(C(=O)Cc2ccc(Nc3ccc(CC(=O)c4ccc(N5CCC(O)CC5)cc4)cc3F)cc2)c1. The molecule has 3 aromatic carbocycles. The first-order chi connectivity index (χ1) is 18.8. The number of Topliss-reactive ketones (excluding diaryl/α,β-unsaturated/α-hetero) is 2. The Bertz CT molecular complexity index is 1450. The lowest BCUT2D eigenvalue weighted by Crippen LogP contribution is -2.35. The van der Waals surface area contributed by atoms with E-state index in [1.54, 1.807) is 24.4 Å².